The van der Waals surface area contributed by atoms with E-state index in [1.165, 1.54) is 6.07 Å². The molecule has 0 aliphatic carbocycles. The number of hydrogen-bond acceptors (Lipinski definition) is 2. The first-order valence-electron chi connectivity index (χ1n) is 6.42. The van der Waals surface area contributed by atoms with Gasteiger partial charge in [0.1, 0.15) is 5.15 Å². The van der Waals surface area contributed by atoms with Crippen LogP contribution in [0.5, 0.6) is 0 Å². The Morgan fingerprint density at radius 3 is 2.67 bits per heavy atom. The summed E-state index contributed by atoms with van der Waals surface area (Å²) in [6, 6.07) is 8.12. The van der Waals surface area contributed by atoms with Crippen molar-refractivity contribution < 1.29 is 4.79 Å². The highest BCUT2D eigenvalue weighted by Gasteiger charge is 2.11. The van der Waals surface area contributed by atoms with E-state index in [1.807, 2.05) is 6.92 Å². The molecule has 3 nitrogen and oxygen atoms in total. The van der Waals surface area contributed by atoms with Gasteiger partial charge < -0.3 is 5.32 Å². The molecule has 21 heavy (non-hydrogen) atoms. The molecule has 2 aromatic rings. The largest absolute Gasteiger partial charge is 0.321 e. The minimum Gasteiger partial charge on any atom is -0.321 e. The van der Waals surface area contributed by atoms with E-state index in [2.05, 4.69) is 10.3 Å². The zero-order chi connectivity index (χ0) is 15.4. The number of amides is 1. The molecular formula is C15H13Cl3N2O. The summed E-state index contributed by atoms with van der Waals surface area (Å²) >= 11 is 17.9. The second-order valence-electron chi connectivity index (χ2n) is 4.50. The van der Waals surface area contributed by atoms with Crippen molar-refractivity contribution in [1.82, 2.24) is 4.98 Å². The molecule has 110 valence electrons. The second-order valence-corrected chi connectivity index (χ2v) is 5.73. The van der Waals surface area contributed by atoms with Crippen molar-refractivity contribution in [1.29, 1.82) is 0 Å². The molecule has 0 radical (unpaired) electrons. The van der Waals surface area contributed by atoms with Gasteiger partial charge in [0.2, 0.25) is 0 Å². The van der Waals surface area contributed by atoms with Gasteiger partial charge in [-0.3, -0.25) is 4.79 Å². The number of pyridine rings is 1. The van der Waals surface area contributed by atoms with E-state index < -0.39 is 0 Å². The molecule has 0 aliphatic rings. The molecule has 6 heteroatoms. The molecule has 1 aromatic heterocycles. The van der Waals surface area contributed by atoms with E-state index >= 15 is 0 Å². The number of anilines is 1. The topological polar surface area (TPSA) is 42.0 Å². The third-order valence-corrected chi connectivity index (χ3v) is 3.55. The minimum absolute atomic E-state index is 0.295. The Hall–Kier alpha value is -1.29. The highest BCUT2D eigenvalue weighted by atomic mass is 35.5. The van der Waals surface area contributed by atoms with Gasteiger partial charge in [-0.05, 0) is 36.8 Å². The summed E-state index contributed by atoms with van der Waals surface area (Å²) < 4.78 is 0. The molecule has 0 saturated heterocycles. The lowest BCUT2D eigenvalue weighted by atomic mass is 10.1. The summed E-state index contributed by atoms with van der Waals surface area (Å²) in [5.41, 5.74) is 1.68. The number of carbonyl (C=O) groups is 1. The summed E-state index contributed by atoms with van der Waals surface area (Å²) in [6.07, 6.45) is 1.69. The molecule has 1 N–H and O–H groups in total. The Morgan fingerprint density at radius 2 is 1.95 bits per heavy atom. The number of benzene rings is 1. The third-order valence-electron chi connectivity index (χ3n) is 2.79. The van der Waals surface area contributed by atoms with Gasteiger partial charge in [-0.1, -0.05) is 48.1 Å². The first kappa shape index (κ1) is 16.1. The normalized spacial score (nSPS) is 10.5. The SMILES string of the molecule is CCCc1cc(C(=O)Nc2cc(Cl)ccc2Cl)cc(Cl)n1. The summed E-state index contributed by atoms with van der Waals surface area (Å²) in [6.45, 7) is 2.04. The Morgan fingerprint density at radius 1 is 1.19 bits per heavy atom. The third kappa shape index (κ3) is 4.34. The number of nitrogens with zero attached hydrogens (tertiary/aromatic N) is 1. The molecule has 1 amide bonds. The first-order valence-corrected chi connectivity index (χ1v) is 7.56. The van der Waals surface area contributed by atoms with Gasteiger partial charge in [0.25, 0.3) is 5.91 Å². The van der Waals surface area contributed by atoms with E-state index in [1.54, 1.807) is 24.3 Å². The monoisotopic (exact) mass is 342 g/mol. The molecule has 0 saturated carbocycles. The number of aromatic nitrogens is 1. The van der Waals surface area contributed by atoms with Crippen LogP contribution in [-0.2, 0) is 6.42 Å². The molecule has 0 fully saturated rings. The highest BCUT2D eigenvalue weighted by Crippen LogP contribution is 2.26. The Kier molecular flexibility index (Phi) is 5.45. The summed E-state index contributed by atoms with van der Waals surface area (Å²) in [7, 11) is 0. The van der Waals surface area contributed by atoms with Crippen LogP contribution in [0.4, 0.5) is 5.69 Å². The average Bonchev–Trinajstić information content (AvgIpc) is 2.42. The van der Waals surface area contributed by atoms with E-state index in [-0.39, 0.29) is 5.91 Å². The van der Waals surface area contributed by atoms with Crippen LogP contribution in [0.1, 0.15) is 29.4 Å². The predicted octanol–water partition coefficient (Wildman–Crippen LogP) is 5.25. The molecule has 1 aromatic carbocycles. The van der Waals surface area contributed by atoms with Crippen LogP contribution < -0.4 is 5.32 Å². The smallest absolute Gasteiger partial charge is 0.255 e. The molecule has 0 unspecified atom stereocenters. The van der Waals surface area contributed by atoms with Crippen LogP contribution in [-0.4, -0.2) is 10.9 Å². The molecule has 0 bridgehead atoms. The second kappa shape index (κ2) is 7.12. The zero-order valence-corrected chi connectivity index (χ0v) is 13.6. The number of nitrogens with one attached hydrogen (secondary N) is 1. The maximum Gasteiger partial charge on any atom is 0.255 e. The summed E-state index contributed by atoms with van der Waals surface area (Å²) in [5.74, 6) is -0.305. The molecule has 1 heterocycles. The van der Waals surface area contributed by atoms with Gasteiger partial charge in [-0.15, -0.1) is 0 Å². The number of carbonyl (C=O) groups excluding carboxylic acids is 1. The maximum absolute atomic E-state index is 12.3. The zero-order valence-electron chi connectivity index (χ0n) is 11.3. The highest BCUT2D eigenvalue weighted by molar-refractivity contribution is 6.36. The molecule has 2 rings (SSSR count). The van der Waals surface area contributed by atoms with Crippen LogP contribution in [0.25, 0.3) is 0 Å². The van der Waals surface area contributed by atoms with Crippen molar-refractivity contribution in [3.63, 3.8) is 0 Å². The van der Waals surface area contributed by atoms with Crippen LogP contribution >= 0.6 is 34.8 Å². The van der Waals surface area contributed by atoms with Gasteiger partial charge in [0, 0.05) is 16.3 Å². The predicted molar refractivity (Wildman–Crippen MR) is 87.7 cm³/mol. The number of aryl methyl sites for hydroxylation is 1. The maximum atomic E-state index is 12.3. The van der Waals surface area contributed by atoms with Crippen LogP contribution in [0.15, 0.2) is 30.3 Å². The van der Waals surface area contributed by atoms with E-state index in [0.29, 0.717) is 26.4 Å². The van der Waals surface area contributed by atoms with Crippen molar-refractivity contribution in [3.05, 3.63) is 56.8 Å². The van der Waals surface area contributed by atoms with Gasteiger partial charge in [0.15, 0.2) is 0 Å². The number of hydrogen-bond donors (Lipinski definition) is 1. The van der Waals surface area contributed by atoms with Crippen molar-refractivity contribution in [2.45, 2.75) is 19.8 Å². The lowest BCUT2D eigenvalue weighted by molar-refractivity contribution is 0.102. The standard InChI is InChI=1S/C15H13Cl3N2O/c1-2-3-11-6-9(7-14(18)19-11)15(21)20-13-8-10(16)4-5-12(13)17/h4-8H,2-3H2,1H3,(H,20,21). The first-order chi connectivity index (χ1) is 9.99. The lowest BCUT2D eigenvalue weighted by Crippen LogP contribution is -2.13. The van der Waals surface area contributed by atoms with E-state index in [4.69, 9.17) is 34.8 Å². The molecule has 0 spiro atoms. The lowest BCUT2D eigenvalue weighted by Gasteiger charge is -2.09. The van der Waals surface area contributed by atoms with Gasteiger partial charge in [-0.25, -0.2) is 4.98 Å². The Bertz CT molecular complexity index is 674. The van der Waals surface area contributed by atoms with Crippen LogP contribution in [0.3, 0.4) is 0 Å². The van der Waals surface area contributed by atoms with Crippen molar-refractivity contribution in [2.24, 2.45) is 0 Å². The van der Waals surface area contributed by atoms with Crippen LogP contribution in [0.2, 0.25) is 15.2 Å². The average molecular weight is 344 g/mol. The molecule has 0 atom stereocenters. The molecule has 0 aliphatic heterocycles. The van der Waals surface area contributed by atoms with Crippen molar-refractivity contribution in [2.75, 3.05) is 5.32 Å². The Labute approximate surface area is 138 Å². The number of rotatable bonds is 4. The van der Waals surface area contributed by atoms with Gasteiger partial charge >= 0.3 is 0 Å². The quantitative estimate of drug-likeness (QED) is 0.771. The Balaban J connectivity index is 2.25. The van der Waals surface area contributed by atoms with E-state index in [0.717, 1.165) is 18.5 Å². The number of halogens is 3. The van der Waals surface area contributed by atoms with E-state index in [9.17, 15) is 4.79 Å². The molecular weight excluding hydrogens is 331 g/mol. The van der Waals surface area contributed by atoms with Gasteiger partial charge in [0.05, 0.1) is 10.7 Å². The van der Waals surface area contributed by atoms with Crippen molar-refractivity contribution >= 4 is 46.4 Å². The fourth-order valence-corrected chi connectivity index (χ4v) is 2.42. The summed E-state index contributed by atoms with van der Waals surface area (Å²) in [5, 5.41) is 3.93. The minimum atomic E-state index is -0.305. The van der Waals surface area contributed by atoms with Gasteiger partial charge in [-0.2, -0.15) is 0 Å². The van der Waals surface area contributed by atoms with Crippen molar-refractivity contribution in [3.8, 4) is 0 Å². The fraction of sp³-hybridized carbons (Fsp3) is 0.200. The fourth-order valence-electron chi connectivity index (χ4n) is 1.85. The summed E-state index contributed by atoms with van der Waals surface area (Å²) in [4.78, 5) is 16.5. The van der Waals surface area contributed by atoms with Crippen LogP contribution in [0, 0.1) is 0 Å².